The summed E-state index contributed by atoms with van der Waals surface area (Å²) in [7, 11) is 0. The van der Waals surface area contributed by atoms with Crippen molar-refractivity contribution in [2.45, 2.75) is 24.8 Å². The van der Waals surface area contributed by atoms with E-state index >= 15 is 0 Å². The smallest absolute Gasteiger partial charge is 0.276 e. The Morgan fingerprint density at radius 1 is 1.40 bits per heavy atom. The first-order valence-electron chi connectivity index (χ1n) is 6.46. The highest BCUT2D eigenvalue weighted by Gasteiger charge is 2.37. The maximum atomic E-state index is 6.24. The molecule has 7 heteroatoms. The van der Waals surface area contributed by atoms with Crippen molar-refractivity contribution in [1.29, 1.82) is 0 Å². The minimum atomic E-state index is -0.311. The van der Waals surface area contributed by atoms with Crippen LogP contribution < -0.4 is 5.73 Å². The van der Waals surface area contributed by atoms with Gasteiger partial charge in [0.05, 0.1) is 11.7 Å². The molecule has 1 aliphatic rings. The Morgan fingerprint density at radius 3 is 3.00 bits per heavy atom. The van der Waals surface area contributed by atoms with Crippen molar-refractivity contribution < 1.29 is 4.52 Å². The molecule has 1 aliphatic carbocycles. The van der Waals surface area contributed by atoms with Crippen LogP contribution in [0.2, 0.25) is 0 Å². The molecule has 0 aliphatic heterocycles. The van der Waals surface area contributed by atoms with Gasteiger partial charge >= 0.3 is 0 Å². The van der Waals surface area contributed by atoms with Crippen molar-refractivity contribution >= 4 is 11.3 Å². The summed E-state index contributed by atoms with van der Waals surface area (Å²) in [5, 5.41) is 7.95. The number of hydrogen-bond donors (Lipinski definition) is 2. The molecule has 3 aromatic heterocycles. The van der Waals surface area contributed by atoms with E-state index in [1.165, 1.54) is 0 Å². The molecular formula is C13H13N5OS. The van der Waals surface area contributed by atoms with Crippen LogP contribution in [0.25, 0.3) is 23.0 Å². The lowest BCUT2D eigenvalue weighted by Gasteiger charge is -2.35. The largest absolute Gasteiger partial charge is 0.336 e. The summed E-state index contributed by atoms with van der Waals surface area (Å²) in [4.78, 5) is 11.9. The maximum absolute atomic E-state index is 6.24. The number of aromatic nitrogens is 4. The third kappa shape index (κ3) is 1.78. The van der Waals surface area contributed by atoms with Gasteiger partial charge in [0.25, 0.3) is 5.89 Å². The van der Waals surface area contributed by atoms with E-state index in [9.17, 15) is 0 Å². The minimum absolute atomic E-state index is 0.311. The van der Waals surface area contributed by atoms with Crippen LogP contribution in [0.5, 0.6) is 0 Å². The standard InChI is InChI=1S/C13H13N5OS/c14-13(3-1-4-13)12-15-6-9(16-12)11-17-10(18-19-11)8-2-5-20-7-8/h2,5-7H,1,3-4,14H2,(H,15,16). The molecule has 20 heavy (non-hydrogen) atoms. The Hall–Kier alpha value is -1.99. The predicted octanol–water partition coefficient (Wildman–Crippen LogP) is 2.53. The molecule has 0 unspecified atom stereocenters. The van der Waals surface area contributed by atoms with E-state index in [1.807, 2.05) is 16.8 Å². The number of thiophene rings is 1. The monoisotopic (exact) mass is 287 g/mol. The van der Waals surface area contributed by atoms with Gasteiger partial charge < -0.3 is 15.2 Å². The fraction of sp³-hybridized carbons (Fsp3) is 0.308. The summed E-state index contributed by atoms with van der Waals surface area (Å²) in [6.45, 7) is 0. The number of nitrogens with two attached hydrogens (primary N) is 1. The molecule has 0 radical (unpaired) electrons. The van der Waals surface area contributed by atoms with Crippen LogP contribution >= 0.6 is 11.3 Å². The van der Waals surface area contributed by atoms with Crippen molar-refractivity contribution in [2.75, 3.05) is 0 Å². The fourth-order valence-electron chi connectivity index (χ4n) is 2.32. The summed E-state index contributed by atoms with van der Waals surface area (Å²) < 4.78 is 5.28. The Kier molecular flexibility index (Phi) is 2.51. The van der Waals surface area contributed by atoms with E-state index in [0.717, 1.165) is 30.7 Å². The van der Waals surface area contributed by atoms with Gasteiger partial charge in [-0.25, -0.2) is 4.98 Å². The lowest BCUT2D eigenvalue weighted by molar-refractivity contribution is 0.240. The zero-order chi connectivity index (χ0) is 13.6. The molecule has 3 N–H and O–H groups in total. The van der Waals surface area contributed by atoms with Crippen LogP contribution in [0.1, 0.15) is 25.1 Å². The zero-order valence-electron chi connectivity index (χ0n) is 10.7. The predicted molar refractivity (Wildman–Crippen MR) is 74.9 cm³/mol. The molecule has 6 nitrogen and oxygen atoms in total. The molecule has 0 atom stereocenters. The first kappa shape index (κ1) is 11.8. The summed E-state index contributed by atoms with van der Waals surface area (Å²) in [5.41, 5.74) is 7.60. The van der Waals surface area contributed by atoms with Crippen molar-refractivity contribution in [3.63, 3.8) is 0 Å². The summed E-state index contributed by atoms with van der Waals surface area (Å²) >= 11 is 1.60. The van der Waals surface area contributed by atoms with Gasteiger partial charge in [-0.1, -0.05) is 5.16 Å². The van der Waals surface area contributed by atoms with Crippen molar-refractivity contribution in [3.8, 4) is 23.0 Å². The van der Waals surface area contributed by atoms with Gasteiger partial charge in [0.15, 0.2) is 0 Å². The number of nitrogens with one attached hydrogen (secondary N) is 1. The molecule has 0 saturated heterocycles. The second kappa shape index (κ2) is 4.26. The minimum Gasteiger partial charge on any atom is -0.336 e. The van der Waals surface area contributed by atoms with Gasteiger partial charge in [-0.3, -0.25) is 0 Å². The molecule has 4 rings (SSSR count). The zero-order valence-corrected chi connectivity index (χ0v) is 11.5. The molecule has 0 spiro atoms. The number of H-pyrrole nitrogens is 1. The third-order valence-corrected chi connectivity index (χ3v) is 4.41. The van der Waals surface area contributed by atoms with Crippen LogP contribution in [-0.2, 0) is 5.54 Å². The lowest BCUT2D eigenvalue weighted by atomic mass is 9.77. The summed E-state index contributed by atoms with van der Waals surface area (Å²) in [6.07, 6.45) is 4.77. The van der Waals surface area contributed by atoms with E-state index in [2.05, 4.69) is 20.1 Å². The average Bonchev–Trinajstić information content (AvgIpc) is 3.13. The van der Waals surface area contributed by atoms with Gasteiger partial charge in [0.2, 0.25) is 5.82 Å². The Balaban J connectivity index is 1.65. The molecule has 0 aromatic carbocycles. The van der Waals surface area contributed by atoms with E-state index < -0.39 is 0 Å². The molecule has 0 bridgehead atoms. The van der Waals surface area contributed by atoms with Crippen LogP contribution in [-0.4, -0.2) is 20.1 Å². The van der Waals surface area contributed by atoms with Crippen LogP contribution in [0.4, 0.5) is 0 Å². The van der Waals surface area contributed by atoms with Gasteiger partial charge in [0, 0.05) is 10.9 Å². The van der Waals surface area contributed by atoms with Gasteiger partial charge in [-0.15, -0.1) is 0 Å². The second-order valence-electron chi connectivity index (χ2n) is 5.09. The van der Waals surface area contributed by atoms with Crippen molar-refractivity contribution in [2.24, 2.45) is 5.73 Å². The number of nitrogens with zero attached hydrogens (tertiary/aromatic N) is 3. The van der Waals surface area contributed by atoms with Gasteiger partial charge in [0.1, 0.15) is 11.5 Å². The number of imidazole rings is 1. The first-order chi connectivity index (χ1) is 9.74. The normalized spacial score (nSPS) is 17.1. The highest BCUT2D eigenvalue weighted by atomic mass is 32.1. The number of hydrogen-bond acceptors (Lipinski definition) is 6. The molecule has 1 saturated carbocycles. The molecule has 3 aromatic rings. The fourth-order valence-corrected chi connectivity index (χ4v) is 2.95. The highest BCUT2D eigenvalue weighted by molar-refractivity contribution is 7.08. The molecule has 3 heterocycles. The average molecular weight is 287 g/mol. The quantitative estimate of drug-likeness (QED) is 0.772. The molecule has 1 fully saturated rings. The van der Waals surface area contributed by atoms with E-state index in [-0.39, 0.29) is 5.54 Å². The lowest BCUT2D eigenvalue weighted by Crippen LogP contribution is -2.44. The summed E-state index contributed by atoms with van der Waals surface area (Å²) in [6, 6.07) is 1.96. The molecule has 0 amide bonds. The van der Waals surface area contributed by atoms with E-state index in [4.69, 9.17) is 10.3 Å². The third-order valence-electron chi connectivity index (χ3n) is 3.73. The topological polar surface area (TPSA) is 93.6 Å². The van der Waals surface area contributed by atoms with Gasteiger partial charge in [-0.2, -0.15) is 16.3 Å². The van der Waals surface area contributed by atoms with Crippen LogP contribution in [0.15, 0.2) is 27.5 Å². The van der Waals surface area contributed by atoms with Crippen LogP contribution in [0.3, 0.4) is 0 Å². The first-order valence-corrected chi connectivity index (χ1v) is 7.40. The van der Waals surface area contributed by atoms with Crippen molar-refractivity contribution in [1.82, 2.24) is 20.1 Å². The molecular weight excluding hydrogens is 274 g/mol. The Bertz CT molecular complexity index is 726. The summed E-state index contributed by atoms with van der Waals surface area (Å²) in [5.74, 6) is 1.82. The van der Waals surface area contributed by atoms with Crippen LogP contribution in [0, 0.1) is 0 Å². The SMILES string of the molecule is NC1(c2ncc(-c3nc(-c4ccsc4)no3)[nH]2)CCC1. The highest BCUT2D eigenvalue weighted by Crippen LogP contribution is 2.37. The Morgan fingerprint density at radius 2 is 2.30 bits per heavy atom. The second-order valence-corrected chi connectivity index (χ2v) is 5.87. The molecule has 102 valence electrons. The number of aromatic amines is 1. The van der Waals surface area contributed by atoms with E-state index in [1.54, 1.807) is 17.5 Å². The van der Waals surface area contributed by atoms with Crippen molar-refractivity contribution in [3.05, 3.63) is 28.8 Å². The maximum Gasteiger partial charge on any atom is 0.276 e. The van der Waals surface area contributed by atoms with Gasteiger partial charge in [-0.05, 0) is 30.7 Å². The number of rotatable bonds is 3. The van der Waals surface area contributed by atoms with E-state index in [0.29, 0.717) is 17.4 Å². The Labute approximate surface area is 119 Å².